The molecule has 0 bridgehead atoms. The minimum atomic E-state index is -0.444. The van der Waals surface area contributed by atoms with Gasteiger partial charge in [0.05, 0.1) is 0 Å². The number of pyridine rings is 2. The van der Waals surface area contributed by atoms with Crippen molar-refractivity contribution in [3.8, 4) is 20.9 Å². The minimum absolute atomic E-state index is 0. The SMILES string of the molecule is Cc1cc[c-]cc1Cc1ccc(-c2ccc(F)nc2)s1.Cc1cc[c-]cc1Cc1ccc(-c2ccc(F)nc2)s1.[Zn+2]. The summed E-state index contributed by atoms with van der Waals surface area (Å²) in [7, 11) is 0. The van der Waals surface area contributed by atoms with Gasteiger partial charge in [-0.2, -0.15) is 68.4 Å². The van der Waals surface area contributed by atoms with Gasteiger partial charge >= 0.3 is 19.5 Å². The molecule has 0 fully saturated rings. The summed E-state index contributed by atoms with van der Waals surface area (Å²) in [5, 5.41) is 0. The Balaban J connectivity index is 0.000000184. The maximum Gasteiger partial charge on any atom is 2.00 e. The van der Waals surface area contributed by atoms with Crippen LogP contribution in [0.15, 0.2) is 97.3 Å². The first-order chi connectivity index (χ1) is 19.4. The number of aryl methyl sites for hydroxylation is 2. The molecule has 0 saturated carbocycles. The topological polar surface area (TPSA) is 25.8 Å². The van der Waals surface area contributed by atoms with E-state index in [0.29, 0.717) is 0 Å². The van der Waals surface area contributed by atoms with Crippen LogP contribution in [0.4, 0.5) is 8.78 Å². The Labute approximate surface area is 260 Å². The number of hydrogen-bond donors (Lipinski definition) is 0. The number of thiophene rings is 2. The Hall–Kier alpha value is -3.38. The molecule has 2 aromatic carbocycles. The number of rotatable bonds is 6. The summed E-state index contributed by atoms with van der Waals surface area (Å²) >= 11 is 3.44. The van der Waals surface area contributed by atoms with E-state index in [0.717, 1.165) is 33.7 Å². The standard InChI is InChI=1S/2C17H13FNS.Zn/c2*1-12-4-2-3-5-13(12)10-15-7-8-16(20-15)14-6-9-17(18)19-11-14;/h2*2,4-9,11H,10H2,1H3;/q2*-1;+2. The van der Waals surface area contributed by atoms with Crippen molar-refractivity contribution >= 4 is 22.7 Å². The summed E-state index contributed by atoms with van der Waals surface area (Å²) in [5.74, 6) is -0.887. The van der Waals surface area contributed by atoms with Gasteiger partial charge in [-0.05, 0) is 71.1 Å². The first-order valence-electron chi connectivity index (χ1n) is 12.8. The van der Waals surface area contributed by atoms with Gasteiger partial charge in [-0.25, -0.2) is 9.97 Å². The fourth-order valence-corrected chi connectivity index (χ4v) is 6.18. The monoisotopic (exact) mass is 628 g/mol. The molecular formula is C34H26F2N2S2Zn. The molecule has 41 heavy (non-hydrogen) atoms. The van der Waals surface area contributed by atoms with E-state index < -0.39 is 11.9 Å². The third kappa shape index (κ3) is 8.32. The van der Waals surface area contributed by atoms with E-state index in [1.807, 2.05) is 24.3 Å². The second-order valence-electron chi connectivity index (χ2n) is 9.33. The molecule has 0 amide bonds. The summed E-state index contributed by atoms with van der Waals surface area (Å²) in [6, 6.07) is 33.0. The fourth-order valence-electron chi connectivity index (χ4n) is 4.14. The van der Waals surface area contributed by atoms with E-state index in [1.165, 1.54) is 44.1 Å². The number of benzene rings is 2. The molecule has 0 radical (unpaired) electrons. The summed E-state index contributed by atoms with van der Waals surface area (Å²) in [4.78, 5) is 12.2. The number of hydrogen-bond acceptors (Lipinski definition) is 4. The van der Waals surface area contributed by atoms with E-state index in [9.17, 15) is 8.78 Å². The molecule has 7 heteroatoms. The van der Waals surface area contributed by atoms with Crippen LogP contribution in [-0.2, 0) is 32.3 Å². The summed E-state index contributed by atoms with van der Waals surface area (Å²) in [5.41, 5.74) is 7.05. The van der Waals surface area contributed by atoms with Crippen LogP contribution >= 0.6 is 22.7 Å². The molecular weight excluding hydrogens is 604 g/mol. The number of aromatic nitrogens is 2. The second-order valence-corrected chi connectivity index (χ2v) is 11.7. The molecule has 0 N–H and O–H groups in total. The van der Waals surface area contributed by atoms with Gasteiger partial charge in [0.1, 0.15) is 0 Å². The third-order valence-corrected chi connectivity index (χ3v) is 8.73. The molecule has 0 aliphatic rings. The maximum atomic E-state index is 12.8. The van der Waals surface area contributed by atoms with Crippen LogP contribution in [0.1, 0.15) is 32.0 Å². The zero-order chi connectivity index (χ0) is 27.9. The maximum absolute atomic E-state index is 12.8. The predicted octanol–water partition coefficient (Wildman–Crippen LogP) is 9.29. The van der Waals surface area contributed by atoms with Gasteiger partial charge in [0.25, 0.3) is 0 Å². The smallest absolute Gasteiger partial charge is 0.228 e. The molecule has 6 aromatic rings. The zero-order valence-electron chi connectivity index (χ0n) is 22.8. The average Bonchev–Trinajstić information content (AvgIpc) is 3.63. The Morgan fingerprint density at radius 3 is 1.41 bits per heavy atom. The first kappa shape index (κ1) is 30.6. The van der Waals surface area contributed by atoms with Gasteiger partial charge in [0.2, 0.25) is 11.9 Å². The van der Waals surface area contributed by atoms with Crippen LogP contribution in [0.25, 0.3) is 20.9 Å². The van der Waals surface area contributed by atoms with Crippen LogP contribution in [-0.4, -0.2) is 9.97 Å². The van der Waals surface area contributed by atoms with Gasteiger partial charge in [0, 0.05) is 33.3 Å². The molecule has 0 spiro atoms. The van der Waals surface area contributed by atoms with Crippen molar-refractivity contribution in [2.75, 3.05) is 0 Å². The average molecular weight is 630 g/mol. The van der Waals surface area contributed by atoms with Crippen molar-refractivity contribution in [2.45, 2.75) is 26.7 Å². The third-order valence-electron chi connectivity index (χ3n) is 6.46. The first-order valence-corrected chi connectivity index (χ1v) is 14.4. The van der Waals surface area contributed by atoms with E-state index in [2.05, 4.69) is 72.3 Å². The molecule has 2 nitrogen and oxygen atoms in total. The molecule has 4 heterocycles. The van der Waals surface area contributed by atoms with Crippen LogP contribution in [0.2, 0.25) is 0 Å². The second kappa shape index (κ2) is 14.5. The molecule has 200 valence electrons. The van der Waals surface area contributed by atoms with E-state index in [4.69, 9.17) is 0 Å². The van der Waals surface area contributed by atoms with Crippen molar-refractivity contribution in [2.24, 2.45) is 0 Å². The summed E-state index contributed by atoms with van der Waals surface area (Å²) in [6.07, 6.45) is 4.96. The van der Waals surface area contributed by atoms with Gasteiger partial charge in [-0.3, -0.25) is 0 Å². The number of nitrogens with zero attached hydrogens (tertiary/aromatic N) is 2. The van der Waals surface area contributed by atoms with Gasteiger partial charge in [-0.15, -0.1) is 33.8 Å². The molecule has 0 unspecified atom stereocenters. The van der Waals surface area contributed by atoms with E-state index in [1.54, 1.807) is 47.2 Å². The fraction of sp³-hybridized carbons (Fsp3) is 0.118. The van der Waals surface area contributed by atoms with Gasteiger partial charge in [0.15, 0.2) is 0 Å². The van der Waals surface area contributed by atoms with Crippen molar-refractivity contribution in [1.82, 2.24) is 9.97 Å². The van der Waals surface area contributed by atoms with Gasteiger partial charge < -0.3 is 0 Å². The molecule has 0 aliphatic carbocycles. The van der Waals surface area contributed by atoms with Crippen molar-refractivity contribution < 1.29 is 28.3 Å². The van der Waals surface area contributed by atoms with Crippen LogP contribution in [0.5, 0.6) is 0 Å². The summed E-state index contributed by atoms with van der Waals surface area (Å²) in [6.45, 7) is 4.23. The molecule has 0 saturated heterocycles. The Morgan fingerprint density at radius 2 is 1.05 bits per heavy atom. The van der Waals surface area contributed by atoms with Crippen LogP contribution in [0.3, 0.4) is 0 Å². The van der Waals surface area contributed by atoms with Crippen molar-refractivity contribution in [1.29, 1.82) is 0 Å². The van der Waals surface area contributed by atoms with Crippen LogP contribution in [0, 0.1) is 37.9 Å². The predicted molar refractivity (Wildman–Crippen MR) is 161 cm³/mol. The van der Waals surface area contributed by atoms with Crippen molar-refractivity contribution in [3.63, 3.8) is 0 Å². The molecule has 0 atom stereocenters. The normalized spacial score (nSPS) is 10.4. The van der Waals surface area contributed by atoms with Crippen molar-refractivity contribution in [3.05, 3.63) is 153 Å². The molecule has 4 aromatic heterocycles. The number of halogens is 2. The Bertz CT molecular complexity index is 1570. The zero-order valence-corrected chi connectivity index (χ0v) is 27.4. The Morgan fingerprint density at radius 1 is 0.610 bits per heavy atom. The van der Waals surface area contributed by atoms with Gasteiger partial charge in [-0.1, -0.05) is 13.8 Å². The quantitative estimate of drug-likeness (QED) is 0.104. The largest absolute Gasteiger partial charge is 2.00 e. The minimum Gasteiger partial charge on any atom is -0.228 e. The summed E-state index contributed by atoms with van der Waals surface area (Å²) < 4.78 is 25.7. The Kier molecular flexibility index (Phi) is 10.8. The molecule has 6 rings (SSSR count). The van der Waals surface area contributed by atoms with E-state index >= 15 is 0 Å². The van der Waals surface area contributed by atoms with Crippen LogP contribution < -0.4 is 0 Å². The van der Waals surface area contributed by atoms with E-state index in [-0.39, 0.29) is 19.5 Å². The molecule has 0 aliphatic heterocycles.